The highest BCUT2D eigenvalue weighted by molar-refractivity contribution is 5.47. The topological polar surface area (TPSA) is 4.36 Å². The predicted octanol–water partition coefficient (Wildman–Crippen LogP) is 4.53. The van der Waals surface area contributed by atoms with E-state index in [0.717, 1.165) is 5.56 Å². The van der Waals surface area contributed by atoms with Crippen molar-refractivity contribution in [3.05, 3.63) is 41.0 Å². The van der Waals surface area contributed by atoms with Crippen molar-refractivity contribution in [1.29, 1.82) is 0 Å². The molecule has 0 radical (unpaired) electrons. The monoisotopic (exact) mass is 205 g/mol. The zero-order valence-electron chi connectivity index (χ0n) is 9.63. The number of benzene rings is 1. The van der Waals surface area contributed by atoms with Crippen molar-refractivity contribution < 1.29 is 4.39 Å². The van der Waals surface area contributed by atoms with Gasteiger partial charge in [-0.15, -0.1) is 0 Å². The van der Waals surface area contributed by atoms with Gasteiger partial charge in [0.25, 0.3) is 0 Å². The molecule has 1 atom stereocenters. The SMILES string of the molecule is [C-]#[N+]c1ccc([C@@H](C)C(C)(C)C)cc1F. The average molecular weight is 205 g/mol. The minimum atomic E-state index is -0.418. The molecular formula is C13H16FN. The van der Waals surface area contributed by atoms with Gasteiger partial charge in [0.05, 0.1) is 6.57 Å². The van der Waals surface area contributed by atoms with E-state index >= 15 is 0 Å². The normalized spacial score (nSPS) is 13.3. The first kappa shape index (κ1) is 11.7. The summed E-state index contributed by atoms with van der Waals surface area (Å²) in [5.41, 5.74) is 1.15. The second-order valence-electron chi connectivity index (χ2n) is 4.91. The standard InChI is InChI=1S/C13H16FN/c1-9(13(2,3)4)10-6-7-12(15-5)11(14)8-10/h6-9H,1-4H3/t9-/m1/s1. The van der Waals surface area contributed by atoms with E-state index in [1.165, 1.54) is 6.07 Å². The second kappa shape index (κ2) is 4.02. The van der Waals surface area contributed by atoms with Gasteiger partial charge in [-0.1, -0.05) is 39.8 Å². The maximum atomic E-state index is 13.4. The summed E-state index contributed by atoms with van der Waals surface area (Å²) in [6.45, 7) is 15.2. The first-order valence-electron chi connectivity index (χ1n) is 5.03. The van der Waals surface area contributed by atoms with Crippen LogP contribution in [0.2, 0.25) is 0 Å². The van der Waals surface area contributed by atoms with Crippen molar-refractivity contribution in [3.8, 4) is 0 Å². The number of hydrogen-bond donors (Lipinski definition) is 0. The van der Waals surface area contributed by atoms with E-state index in [-0.39, 0.29) is 17.0 Å². The third kappa shape index (κ3) is 2.56. The summed E-state index contributed by atoms with van der Waals surface area (Å²) in [6.07, 6.45) is 0. The van der Waals surface area contributed by atoms with E-state index in [2.05, 4.69) is 32.5 Å². The molecule has 1 rings (SSSR count). The van der Waals surface area contributed by atoms with Gasteiger partial charge in [-0.3, -0.25) is 0 Å². The Bertz CT molecular complexity index is 396. The van der Waals surface area contributed by atoms with Crippen LogP contribution < -0.4 is 0 Å². The van der Waals surface area contributed by atoms with Crippen LogP contribution in [0.15, 0.2) is 18.2 Å². The molecule has 0 saturated heterocycles. The first-order chi connectivity index (χ1) is 6.86. The number of halogens is 1. The Hall–Kier alpha value is -1.36. The lowest BCUT2D eigenvalue weighted by atomic mass is 9.78. The lowest BCUT2D eigenvalue weighted by Crippen LogP contribution is -2.15. The molecule has 0 unspecified atom stereocenters. The van der Waals surface area contributed by atoms with Crippen molar-refractivity contribution >= 4 is 5.69 Å². The summed E-state index contributed by atoms with van der Waals surface area (Å²) in [6, 6.07) is 4.87. The van der Waals surface area contributed by atoms with Gasteiger partial charge in [-0.2, -0.15) is 0 Å². The third-order valence-electron chi connectivity index (χ3n) is 2.89. The van der Waals surface area contributed by atoms with Crippen molar-refractivity contribution in [2.45, 2.75) is 33.6 Å². The Kier molecular flexibility index (Phi) is 3.14. The molecule has 0 N–H and O–H groups in total. The van der Waals surface area contributed by atoms with Crippen LogP contribution in [0.4, 0.5) is 10.1 Å². The molecule has 1 aromatic rings. The van der Waals surface area contributed by atoms with Crippen molar-refractivity contribution in [2.75, 3.05) is 0 Å². The molecule has 0 bridgehead atoms. The van der Waals surface area contributed by atoms with E-state index in [1.54, 1.807) is 6.07 Å². The molecule has 1 aromatic carbocycles. The van der Waals surface area contributed by atoms with Gasteiger partial charge < -0.3 is 0 Å². The fourth-order valence-corrected chi connectivity index (χ4v) is 1.38. The molecular weight excluding hydrogens is 189 g/mol. The Morgan fingerprint density at radius 1 is 1.33 bits per heavy atom. The molecule has 0 aliphatic rings. The van der Waals surface area contributed by atoms with Crippen LogP contribution in [0.5, 0.6) is 0 Å². The molecule has 0 aliphatic carbocycles. The summed E-state index contributed by atoms with van der Waals surface area (Å²) >= 11 is 0. The summed E-state index contributed by atoms with van der Waals surface area (Å²) in [5.74, 6) is -0.148. The van der Waals surface area contributed by atoms with Crippen LogP contribution in [0.25, 0.3) is 4.85 Å². The van der Waals surface area contributed by atoms with E-state index in [1.807, 2.05) is 6.07 Å². The summed E-state index contributed by atoms with van der Waals surface area (Å²) in [5, 5.41) is 0. The van der Waals surface area contributed by atoms with Gasteiger partial charge >= 0.3 is 0 Å². The smallest absolute Gasteiger partial charge is 0.222 e. The predicted molar refractivity (Wildman–Crippen MR) is 60.5 cm³/mol. The number of hydrogen-bond acceptors (Lipinski definition) is 0. The van der Waals surface area contributed by atoms with Gasteiger partial charge in [0.2, 0.25) is 5.69 Å². The molecule has 15 heavy (non-hydrogen) atoms. The fourth-order valence-electron chi connectivity index (χ4n) is 1.38. The summed E-state index contributed by atoms with van der Waals surface area (Å²) in [7, 11) is 0. The maximum absolute atomic E-state index is 13.4. The highest BCUT2D eigenvalue weighted by Crippen LogP contribution is 2.35. The molecule has 1 nitrogen and oxygen atoms in total. The van der Waals surface area contributed by atoms with Crippen LogP contribution in [0.1, 0.15) is 39.2 Å². The Morgan fingerprint density at radius 2 is 1.93 bits per heavy atom. The average Bonchev–Trinajstić information content (AvgIpc) is 2.15. The van der Waals surface area contributed by atoms with E-state index in [9.17, 15) is 4.39 Å². The van der Waals surface area contributed by atoms with E-state index in [0.29, 0.717) is 0 Å². The van der Waals surface area contributed by atoms with Crippen LogP contribution in [0, 0.1) is 17.8 Å². The zero-order chi connectivity index (χ0) is 11.6. The first-order valence-corrected chi connectivity index (χ1v) is 5.03. The molecule has 0 fully saturated rings. The lowest BCUT2D eigenvalue weighted by Gasteiger charge is -2.27. The molecule has 0 aromatic heterocycles. The molecule has 0 amide bonds. The highest BCUT2D eigenvalue weighted by atomic mass is 19.1. The van der Waals surface area contributed by atoms with Gasteiger partial charge in [-0.05, 0) is 23.0 Å². The molecule has 0 aliphatic heterocycles. The van der Waals surface area contributed by atoms with Crippen LogP contribution in [-0.4, -0.2) is 0 Å². The summed E-state index contributed by atoms with van der Waals surface area (Å²) < 4.78 is 13.4. The van der Waals surface area contributed by atoms with Crippen LogP contribution in [0.3, 0.4) is 0 Å². The highest BCUT2D eigenvalue weighted by Gasteiger charge is 2.22. The quantitative estimate of drug-likeness (QED) is 0.593. The van der Waals surface area contributed by atoms with Gasteiger partial charge in [0.15, 0.2) is 0 Å². The van der Waals surface area contributed by atoms with E-state index in [4.69, 9.17) is 6.57 Å². The Balaban J connectivity index is 3.09. The molecule has 0 heterocycles. The minimum Gasteiger partial charge on any atom is -0.235 e. The molecule has 0 saturated carbocycles. The maximum Gasteiger partial charge on any atom is 0.222 e. The molecule has 80 valence electrons. The summed E-state index contributed by atoms with van der Waals surface area (Å²) in [4.78, 5) is 3.11. The molecule has 2 heteroatoms. The van der Waals surface area contributed by atoms with Crippen molar-refractivity contribution in [2.24, 2.45) is 5.41 Å². The number of nitrogens with zero attached hydrogens (tertiary/aromatic N) is 1. The Morgan fingerprint density at radius 3 is 2.33 bits per heavy atom. The van der Waals surface area contributed by atoms with Gasteiger partial charge in [0, 0.05) is 0 Å². The van der Waals surface area contributed by atoms with Gasteiger partial charge in [0.1, 0.15) is 5.82 Å². The fraction of sp³-hybridized carbons (Fsp3) is 0.462. The third-order valence-corrected chi connectivity index (χ3v) is 2.89. The minimum absolute atomic E-state index is 0.0971. The van der Waals surface area contributed by atoms with Crippen molar-refractivity contribution in [3.63, 3.8) is 0 Å². The lowest BCUT2D eigenvalue weighted by molar-refractivity contribution is 0.339. The van der Waals surface area contributed by atoms with Crippen LogP contribution in [-0.2, 0) is 0 Å². The van der Waals surface area contributed by atoms with E-state index < -0.39 is 5.82 Å². The second-order valence-corrected chi connectivity index (χ2v) is 4.91. The van der Waals surface area contributed by atoms with Crippen LogP contribution >= 0.6 is 0 Å². The zero-order valence-corrected chi connectivity index (χ0v) is 9.63. The molecule has 0 spiro atoms. The Labute approximate surface area is 90.8 Å². The van der Waals surface area contributed by atoms with Gasteiger partial charge in [-0.25, -0.2) is 9.24 Å². The largest absolute Gasteiger partial charge is 0.235 e. The van der Waals surface area contributed by atoms with Crippen molar-refractivity contribution in [1.82, 2.24) is 0 Å². The number of rotatable bonds is 1.